The number of hydrogen-bond donors (Lipinski definition) is 1. The molecule has 0 spiro atoms. The van der Waals surface area contributed by atoms with Crippen LogP contribution in [0.4, 0.5) is 5.69 Å². The molecule has 5 heteroatoms. The third-order valence-corrected chi connectivity index (χ3v) is 3.16. The Balaban J connectivity index is 2.45. The fraction of sp³-hybridized carbons (Fsp3) is 0.273. The molecule has 0 aromatic heterocycles. The highest BCUT2D eigenvalue weighted by molar-refractivity contribution is 9.10. The molecule has 0 saturated carbocycles. The van der Waals surface area contributed by atoms with Gasteiger partial charge >= 0.3 is 0 Å². The number of β-amino-alcohol motifs (C(OH)–C–C–N with tert-alkyl or cyclic N) is 1. The van der Waals surface area contributed by atoms with Crippen molar-refractivity contribution in [1.82, 2.24) is 0 Å². The van der Waals surface area contributed by atoms with Crippen molar-refractivity contribution in [1.29, 1.82) is 5.26 Å². The lowest BCUT2D eigenvalue weighted by Crippen LogP contribution is -2.26. The van der Waals surface area contributed by atoms with Crippen LogP contribution in [0.5, 0.6) is 0 Å². The third kappa shape index (κ3) is 1.82. The van der Waals surface area contributed by atoms with Gasteiger partial charge in [0.1, 0.15) is 6.07 Å². The fourth-order valence-electron chi connectivity index (χ4n) is 1.77. The second kappa shape index (κ2) is 4.24. The van der Waals surface area contributed by atoms with Gasteiger partial charge in [-0.3, -0.25) is 4.79 Å². The number of hydrogen-bond acceptors (Lipinski definition) is 3. The second-order valence-corrected chi connectivity index (χ2v) is 4.46. The van der Waals surface area contributed by atoms with E-state index in [0.717, 1.165) is 0 Å². The number of benzene rings is 1. The summed E-state index contributed by atoms with van der Waals surface area (Å²) in [6, 6.07) is 7.27. The van der Waals surface area contributed by atoms with E-state index in [9.17, 15) is 9.90 Å². The molecule has 2 rings (SSSR count). The Morgan fingerprint density at radius 2 is 2.31 bits per heavy atom. The van der Waals surface area contributed by atoms with Gasteiger partial charge in [0.2, 0.25) is 5.91 Å². The molecular weight excluding hydrogens is 272 g/mol. The SMILES string of the molecule is N#Cc1c(Br)cccc1N1CC(O)CC1=O. The van der Waals surface area contributed by atoms with E-state index in [1.165, 1.54) is 4.90 Å². The van der Waals surface area contributed by atoms with Gasteiger partial charge in [-0.15, -0.1) is 0 Å². The minimum absolute atomic E-state index is 0.122. The largest absolute Gasteiger partial charge is 0.391 e. The number of nitriles is 1. The van der Waals surface area contributed by atoms with Gasteiger partial charge < -0.3 is 10.0 Å². The summed E-state index contributed by atoms with van der Waals surface area (Å²) in [6.45, 7) is 0.254. The van der Waals surface area contributed by atoms with Gasteiger partial charge in [0.25, 0.3) is 0 Å². The van der Waals surface area contributed by atoms with E-state index < -0.39 is 6.10 Å². The van der Waals surface area contributed by atoms with Crippen LogP contribution in [0.25, 0.3) is 0 Å². The molecule has 1 heterocycles. The molecule has 1 aromatic carbocycles. The molecule has 1 fully saturated rings. The van der Waals surface area contributed by atoms with Crippen LogP contribution in [0.3, 0.4) is 0 Å². The quantitative estimate of drug-likeness (QED) is 0.846. The van der Waals surface area contributed by atoms with E-state index in [2.05, 4.69) is 22.0 Å². The summed E-state index contributed by atoms with van der Waals surface area (Å²) in [7, 11) is 0. The minimum Gasteiger partial charge on any atom is -0.391 e. The molecule has 1 amide bonds. The maximum absolute atomic E-state index is 11.6. The normalized spacial score (nSPS) is 19.9. The molecular formula is C11H9BrN2O2. The maximum atomic E-state index is 11.6. The van der Waals surface area contributed by atoms with Crippen molar-refractivity contribution in [3.63, 3.8) is 0 Å². The van der Waals surface area contributed by atoms with E-state index in [1.807, 2.05) is 0 Å². The van der Waals surface area contributed by atoms with Crippen molar-refractivity contribution in [2.24, 2.45) is 0 Å². The van der Waals surface area contributed by atoms with Crippen LogP contribution in [0.15, 0.2) is 22.7 Å². The molecule has 1 unspecified atom stereocenters. The minimum atomic E-state index is -0.641. The monoisotopic (exact) mass is 280 g/mol. The summed E-state index contributed by atoms with van der Waals surface area (Å²) < 4.78 is 0.654. The van der Waals surface area contributed by atoms with Crippen molar-refractivity contribution in [2.75, 3.05) is 11.4 Å². The lowest BCUT2D eigenvalue weighted by molar-refractivity contribution is -0.117. The van der Waals surface area contributed by atoms with E-state index in [-0.39, 0.29) is 18.9 Å². The first-order valence-electron chi connectivity index (χ1n) is 4.80. The number of rotatable bonds is 1. The van der Waals surface area contributed by atoms with Gasteiger partial charge in [-0.25, -0.2) is 0 Å². The highest BCUT2D eigenvalue weighted by Crippen LogP contribution is 2.29. The summed E-state index contributed by atoms with van der Waals surface area (Å²) in [4.78, 5) is 13.1. The van der Waals surface area contributed by atoms with Crippen molar-refractivity contribution in [2.45, 2.75) is 12.5 Å². The Bertz CT molecular complexity index is 481. The number of carbonyl (C=O) groups is 1. The Morgan fingerprint density at radius 3 is 2.88 bits per heavy atom. The lowest BCUT2D eigenvalue weighted by Gasteiger charge is -2.17. The standard InChI is InChI=1S/C11H9BrN2O2/c12-9-2-1-3-10(8(9)5-13)14-6-7(15)4-11(14)16/h1-3,7,15H,4,6H2. The van der Waals surface area contributed by atoms with Gasteiger partial charge in [-0.05, 0) is 28.1 Å². The molecule has 1 atom stereocenters. The number of halogens is 1. The Kier molecular flexibility index (Phi) is 2.95. The zero-order valence-electron chi connectivity index (χ0n) is 8.35. The third-order valence-electron chi connectivity index (χ3n) is 2.50. The van der Waals surface area contributed by atoms with Crippen LogP contribution >= 0.6 is 15.9 Å². The van der Waals surface area contributed by atoms with Gasteiger partial charge in [-0.1, -0.05) is 6.07 Å². The smallest absolute Gasteiger partial charge is 0.229 e. The molecule has 0 aliphatic carbocycles. The van der Waals surface area contributed by atoms with Crippen molar-refractivity contribution in [3.8, 4) is 6.07 Å². The van der Waals surface area contributed by atoms with Crippen LogP contribution in [-0.4, -0.2) is 23.7 Å². The summed E-state index contributed by atoms with van der Waals surface area (Å²) in [6.07, 6.45) is -0.518. The number of aliphatic hydroxyl groups is 1. The summed E-state index contributed by atoms with van der Waals surface area (Å²) in [5.41, 5.74) is 0.975. The van der Waals surface area contributed by atoms with E-state index >= 15 is 0 Å². The number of amides is 1. The molecule has 1 saturated heterocycles. The molecule has 16 heavy (non-hydrogen) atoms. The van der Waals surface area contributed by atoms with E-state index in [1.54, 1.807) is 18.2 Å². The predicted molar refractivity (Wildman–Crippen MR) is 61.8 cm³/mol. The molecule has 1 N–H and O–H groups in total. The molecule has 4 nitrogen and oxygen atoms in total. The number of aliphatic hydroxyl groups excluding tert-OH is 1. The van der Waals surface area contributed by atoms with Crippen LogP contribution in [0.2, 0.25) is 0 Å². The van der Waals surface area contributed by atoms with Crippen LogP contribution < -0.4 is 4.90 Å². The average Bonchev–Trinajstić information content (AvgIpc) is 2.57. The number of carbonyl (C=O) groups excluding carboxylic acids is 1. The van der Waals surface area contributed by atoms with Gasteiger partial charge in [-0.2, -0.15) is 5.26 Å². The number of nitrogens with zero attached hydrogens (tertiary/aromatic N) is 2. The Morgan fingerprint density at radius 1 is 1.56 bits per heavy atom. The first-order valence-corrected chi connectivity index (χ1v) is 5.60. The topological polar surface area (TPSA) is 64.3 Å². The van der Waals surface area contributed by atoms with E-state index in [0.29, 0.717) is 15.7 Å². The van der Waals surface area contributed by atoms with Crippen LogP contribution in [-0.2, 0) is 4.79 Å². The summed E-state index contributed by atoms with van der Waals surface area (Å²) in [5.74, 6) is -0.151. The first-order chi connectivity index (χ1) is 7.63. The van der Waals surface area contributed by atoms with Crippen molar-refractivity contribution < 1.29 is 9.90 Å². The van der Waals surface area contributed by atoms with Gasteiger partial charge in [0.05, 0.1) is 30.3 Å². The summed E-state index contributed by atoms with van der Waals surface area (Å²) in [5, 5.41) is 18.4. The zero-order chi connectivity index (χ0) is 11.7. The fourth-order valence-corrected chi connectivity index (χ4v) is 2.21. The molecule has 0 bridgehead atoms. The Hall–Kier alpha value is -1.38. The second-order valence-electron chi connectivity index (χ2n) is 3.61. The van der Waals surface area contributed by atoms with Crippen LogP contribution in [0.1, 0.15) is 12.0 Å². The summed E-state index contributed by atoms with van der Waals surface area (Å²) >= 11 is 3.27. The lowest BCUT2D eigenvalue weighted by atomic mass is 10.2. The number of anilines is 1. The Labute approximate surface area is 101 Å². The molecule has 82 valence electrons. The molecule has 0 radical (unpaired) electrons. The van der Waals surface area contributed by atoms with Gasteiger partial charge in [0, 0.05) is 4.47 Å². The van der Waals surface area contributed by atoms with E-state index in [4.69, 9.17) is 5.26 Å². The average molecular weight is 281 g/mol. The van der Waals surface area contributed by atoms with Crippen molar-refractivity contribution in [3.05, 3.63) is 28.2 Å². The molecule has 1 aromatic rings. The first kappa shape index (κ1) is 11.1. The highest BCUT2D eigenvalue weighted by atomic mass is 79.9. The highest BCUT2D eigenvalue weighted by Gasteiger charge is 2.30. The van der Waals surface area contributed by atoms with Crippen LogP contribution in [0, 0.1) is 11.3 Å². The zero-order valence-corrected chi connectivity index (χ0v) is 9.94. The maximum Gasteiger partial charge on any atom is 0.229 e. The van der Waals surface area contributed by atoms with Gasteiger partial charge in [0.15, 0.2) is 0 Å². The van der Waals surface area contributed by atoms with Crippen molar-refractivity contribution >= 4 is 27.5 Å². The molecule has 1 aliphatic rings. The molecule has 1 aliphatic heterocycles. The predicted octanol–water partition coefficient (Wildman–Crippen LogP) is 1.42.